The fourth-order valence-electron chi connectivity index (χ4n) is 1.51. The molecule has 1 N–H and O–H groups in total. The van der Waals surface area contributed by atoms with Gasteiger partial charge in [0.25, 0.3) is 0 Å². The summed E-state index contributed by atoms with van der Waals surface area (Å²) in [5.41, 5.74) is 0.894. The molecule has 96 valence electrons. The molecule has 2 nitrogen and oxygen atoms in total. The van der Waals surface area contributed by atoms with Gasteiger partial charge in [0.1, 0.15) is 5.75 Å². The third kappa shape index (κ3) is 4.60. The fourth-order valence-corrected chi connectivity index (χ4v) is 2.43. The monoisotopic (exact) mass is 254 g/mol. The normalized spacial score (nSPS) is 14.4. The molecule has 1 aromatic carbocycles. The van der Waals surface area contributed by atoms with Gasteiger partial charge in [0.2, 0.25) is 0 Å². The Kier molecular flexibility index (Phi) is 6.45. The van der Waals surface area contributed by atoms with Crippen molar-refractivity contribution in [3.63, 3.8) is 0 Å². The van der Waals surface area contributed by atoms with Crippen LogP contribution in [0.2, 0.25) is 0 Å². The van der Waals surface area contributed by atoms with Gasteiger partial charge in [-0.05, 0) is 19.4 Å². The minimum atomic E-state index is -0.447. The van der Waals surface area contributed by atoms with E-state index >= 15 is 0 Å². The van der Waals surface area contributed by atoms with Gasteiger partial charge in [0, 0.05) is 16.6 Å². The summed E-state index contributed by atoms with van der Waals surface area (Å²) in [7, 11) is 0. The summed E-state index contributed by atoms with van der Waals surface area (Å²) < 4.78 is 5.52. The number of rotatable bonds is 7. The maximum absolute atomic E-state index is 10.2. The lowest BCUT2D eigenvalue weighted by Crippen LogP contribution is -2.07. The highest BCUT2D eigenvalue weighted by molar-refractivity contribution is 7.99. The Morgan fingerprint density at radius 2 is 2.00 bits per heavy atom. The Bertz CT molecular complexity index is 328. The second-order valence-electron chi connectivity index (χ2n) is 4.04. The summed E-state index contributed by atoms with van der Waals surface area (Å²) in [5.74, 6) is 1.52. The molecule has 0 saturated heterocycles. The van der Waals surface area contributed by atoms with E-state index in [0.29, 0.717) is 11.9 Å². The first-order valence-corrected chi connectivity index (χ1v) is 7.25. The molecule has 0 bridgehead atoms. The third-order valence-corrected chi connectivity index (χ3v) is 4.10. The maximum atomic E-state index is 10.2. The highest BCUT2D eigenvalue weighted by Crippen LogP contribution is 2.29. The summed E-state index contributed by atoms with van der Waals surface area (Å²) in [6, 6.07) is 7.72. The van der Waals surface area contributed by atoms with Gasteiger partial charge in [-0.25, -0.2) is 0 Å². The highest BCUT2D eigenvalue weighted by atomic mass is 32.2. The molecule has 0 spiro atoms. The van der Waals surface area contributed by atoms with Gasteiger partial charge in [-0.2, -0.15) is 11.8 Å². The minimum Gasteiger partial charge on any atom is -0.493 e. The molecule has 0 aliphatic carbocycles. The molecule has 0 radical (unpaired) electrons. The lowest BCUT2D eigenvalue weighted by molar-refractivity contribution is 0.196. The molecular formula is C14H22O2S. The average Bonchev–Trinajstić information content (AvgIpc) is 2.36. The van der Waals surface area contributed by atoms with Crippen LogP contribution in [-0.4, -0.2) is 22.7 Å². The molecule has 1 rings (SSSR count). The highest BCUT2D eigenvalue weighted by Gasteiger charge is 2.14. The van der Waals surface area contributed by atoms with E-state index in [1.165, 1.54) is 0 Å². The first-order chi connectivity index (χ1) is 8.19. The van der Waals surface area contributed by atoms with Crippen molar-refractivity contribution in [3.8, 4) is 5.75 Å². The van der Waals surface area contributed by atoms with Crippen molar-refractivity contribution in [1.29, 1.82) is 0 Å². The topological polar surface area (TPSA) is 29.5 Å². The summed E-state index contributed by atoms with van der Waals surface area (Å²) in [5, 5.41) is 10.8. The molecule has 0 aromatic heterocycles. The second kappa shape index (κ2) is 7.62. The van der Waals surface area contributed by atoms with Crippen molar-refractivity contribution < 1.29 is 9.84 Å². The first-order valence-electron chi connectivity index (χ1n) is 6.20. The Morgan fingerprint density at radius 1 is 1.29 bits per heavy atom. The number of thioether (sulfide) groups is 1. The van der Waals surface area contributed by atoms with E-state index in [1.54, 1.807) is 11.8 Å². The van der Waals surface area contributed by atoms with E-state index in [1.807, 2.05) is 31.2 Å². The molecular weight excluding hydrogens is 232 g/mol. The molecule has 3 heteroatoms. The summed E-state index contributed by atoms with van der Waals surface area (Å²) >= 11 is 1.80. The number of ether oxygens (including phenoxy) is 1. The van der Waals surface area contributed by atoms with E-state index in [9.17, 15) is 5.11 Å². The molecule has 0 heterocycles. The second-order valence-corrected chi connectivity index (χ2v) is 5.51. The van der Waals surface area contributed by atoms with Gasteiger partial charge in [-0.1, -0.05) is 32.0 Å². The van der Waals surface area contributed by atoms with Crippen molar-refractivity contribution in [2.75, 3.05) is 12.4 Å². The average molecular weight is 254 g/mol. The van der Waals surface area contributed by atoms with Crippen molar-refractivity contribution in [2.45, 2.75) is 38.5 Å². The van der Waals surface area contributed by atoms with Gasteiger partial charge in [-0.15, -0.1) is 0 Å². The zero-order valence-electron chi connectivity index (χ0n) is 10.8. The van der Waals surface area contributed by atoms with Crippen LogP contribution in [-0.2, 0) is 0 Å². The predicted molar refractivity (Wildman–Crippen MR) is 74.8 cm³/mol. The van der Waals surface area contributed by atoms with Crippen LogP contribution in [0.15, 0.2) is 24.3 Å². The largest absolute Gasteiger partial charge is 0.493 e. The smallest absolute Gasteiger partial charge is 0.125 e. The third-order valence-electron chi connectivity index (χ3n) is 2.69. The summed E-state index contributed by atoms with van der Waals surface area (Å²) in [6.07, 6.45) is 0.682. The van der Waals surface area contributed by atoms with Crippen LogP contribution < -0.4 is 4.74 Å². The van der Waals surface area contributed by atoms with E-state index in [4.69, 9.17) is 4.74 Å². The summed E-state index contributed by atoms with van der Waals surface area (Å²) in [6.45, 7) is 6.93. The number of aliphatic hydroxyl groups excluding tert-OH is 1. The number of hydrogen-bond acceptors (Lipinski definition) is 3. The predicted octanol–water partition coefficient (Wildman–Crippen LogP) is 3.65. The fraction of sp³-hybridized carbons (Fsp3) is 0.571. The minimum absolute atomic E-state index is 0.447. The van der Waals surface area contributed by atoms with Crippen molar-refractivity contribution >= 4 is 11.8 Å². The van der Waals surface area contributed by atoms with Crippen LogP contribution in [0.25, 0.3) is 0 Å². The summed E-state index contributed by atoms with van der Waals surface area (Å²) in [4.78, 5) is 0. The molecule has 2 unspecified atom stereocenters. The lowest BCUT2D eigenvalue weighted by atomic mass is 10.1. The molecule has 2 atom stereocenters. The molecule has 0 aliphatic heterocycles. The van der Waals surface area contributed by atoms with Crippen molar-refractivity contribution in [1.82, 2.24) is 0 Å². The lowest BCUT2D eigenvalue weighted by Gasteiger charge is -2.17. The number of benzene rings is 1. The SMILES string of the molecule is CCOc1ccccc1C(O)CSC(C)CC. The van der Waals surface area contributed by atoms with Gasteiger partial charge in [-0.3, -0.25) is 0 Å². The van der Waals surface area contributed by atoms with Crippen molar-refractivity contribution in [3.05, 3.63) is 29.8 Å². The van der Waals surface area contributed by atoms with Gasteiger partial charge < -0.3 is 9.84 Å². The van der Waals surface area contributed by atoms with Crippen LogP contribution in [0.5, 0.6) is 5.75 Å². The van der Waals surface area contributed by atoms with Crippen LogP contribution in [0.1, 0.15) is 38.9 Å². The van der Waals surface area contributed by atoms with E-state index < -0.39 is 6.10 Å². The van der Waals surface area contributed by atoms with E-state index in [2.05, 4.69) is 13.8 Å². The number of hydrogen-bond donors (Lipinski definition) is 1. The van der Waals surface area contributed by atoms with Gasteiger partial charge in [0.15, 0.2) is 0 Å². The van der Waals surface area contributed by atoms with Crippen LogP contribution in [0.3, 0.4) is 0 Å². The Hall–Kier alpha value is -0.670. The quantitative estimate of drug-likeness (QED) is 0.805. The first kappa shape index (κ1) is 14.4. The zero-order valence-corrected chi connectivity index (χ0v) is 11.7. The van der Waals surface area contributed by atoms with Crippen LogP contribution >= 0.6 is 11.8 Å². The van der Waals surface area contributed by atoms with Gasteiger partial charge >= 0.3 is 0 Å². The molecule has 0 amide bonds. The van der Waals surface area contributed by atoms with E-state index in [-0.39, 0.29) is 0 Å². The Morgan fingerprint density at radius 3 is 2.65 bits per heavy atom. The number of para-hydroxylation sites is 1. The molecule has 0 fully saturated rings. The molecule has 0 saturated carbocycles. The Balaban J connectivity index is 2.64. The zero-order chi connectivity index (χ0) is 12.7. The maximum Gasteiger partial charge on any atom is 0.125 e. The van der Waals surface area contributed by atoms with Crippen LogP contribution in [0.4, 0.5) is 0 Å². The molecule has 0 aliphatic rings. The Labute approximate surface area is 108 Å². The van der Waals surface area contributed by atoms with Crippen LogP contribution in [0, 0.1) is 0 Å². The molecule has 17 heavy (non-hydrogen) atoms. The standard InChI is InChI=1S/C14H22O2S/c1-4-11(3)17-10-13(15)12-8-6-7-9-14(12)16-5-2/h6-9,11,13,15H,4-5,10H2,1-3H3. The molecule has 1 aromatic rings. The van der Waals surface area contributed by atoms with E-state index in [0.717, 1.165) is 23.5 Å². The number of aliphatic hydroxyl groups is 1. The van der Waals surface area contributed by atoms with Gasteiger partial charge in [0.05, 0.1) is 12.7 Å². The van der Waals surface area contributed by atoms with Crippen molar-refractivity contribution in [2.24, 2.45) is 0 Å².